The normalized spacial score (nSPS) is 10.6. The van der Waals surface area contributed by atoms with E-state index in [2.05, 4.69) is 53.0 Å². The Labute approximate surface area is 255 Å². The van der Waals surface area contributed by atoms with Crippen molar-refractivity contribution >= 4 is 31.7 Å². The molecule has 7 aromatic rings. The number of fused-ring (bicyclic) bond motifs is 2. The van der Waals surface area contributed by atoms with E-state index >= 15 is 0 Å². The van der Waals surface area contributed by atoms with Crippen LogP contribution in [0.2, 0.25) is 0 Å². The molecule has 0 radical (unpaired) electrons. The van der Waals surface area contributed by atoms with Gasteiger partial charge in [-0.25, -0.2) is 0 Å². The molecule has 0 bridgehead atoms. The van der Waals surface area contributed by atoms with E-state index in [9.17, 15) is 8.78 Å². The van der Waals surface area contributed by atoms with Gasteiger partial charge in [0.15, 0.2) is 0 Å². The molecule has 4 aromatic heterocycles. The third kappa shape index (κ3) is 5.99. The zero-order chi connectivity index (χ0) is 29.6. The molecule has 10 heteroatoms. The van der Waals surface area contributed by atoms with Gasteiger partial charge in [-0.2, -0.15) is 0 Å². The molecule has 0 unspecified atom stereocenters. The summed E-state index contributed by atoms with van der Waals surface area (Å²) in [6, 6.07) is 29.2. The molecular formula is C32H22ClF2IrN6. The molecule has 0 amide bonds. The average molecular weight is 756 g/mol. The summed E-state index contributed by atoms with van der Waals surface area (Å²) < 4.78 is 29.9. The van der Waals surface area contributed by atoms with Gasteiger partial charge in [0.1, 0.15) is 0 Å². The summed E-state index contributed by atoms with van der Waals surface area (Å²) in [7, 11) is 8.67. The van der Waals surface area contributed by atoms with Crippen LogP contribution < -0.4 is 0 Å². The Morgan fingerprint density at radius 1 is 0.762 bits per heavy atom. The Hall–Kier alpha value is -4.30. The molecule has 4 heterocycles. The number of hydrogen-bond acceptors (Lipinski definition) is 4. The minimum atomic E-state index is -0.649. The summed E-state index contributed by atoms with van der Waals surface area (Å²) in [4.78, 5) is 17.9. The Bertz CT molecular complexity index is 1880. The molecule has 6 nitrogen and oxygen atoms in total. The number of nitrogens with zero attached hydrogens (tertiary/aromatic N) is 6. The van der Waals surface area contributed by atoms with E-state index in [1.165, 1.54) is 17.9 Å². The second-order valence-electron chi connectivity index (χ2n) is 9.08. The summed E-state index contributed by atoms with van der Waals surface area (Å²) in [5.74, 6) is 0.407. The van der Waals surface area contributed by atoms with Gasteiger partial charge in [-0.3, -0.25) is 18.7 Å². The van der Waals surface area contributed by atoms with Crippen molar-refractivity contribution in [2.75, 3.05) is 0 Å². The number of aryl methyl sites for hydroxylation is 2. The fraction of sp³-hybridized carbons (Fsp3) is 0.0625. The van der Waals surface area contributed by atoms with Gasteiger partial charge < -0.3 is 19.1 Å². The van der Waals surface area contributed by atoms with E-state index in [1.54, 1.807) is 36.8 Å². The number of para-hydroxylation sites is 4. The van der Waals surface area contributed by atoms with Crippen molar-refractivity contribution in [3.8, 4) is 34.0 Å². The van der Waals surface area contributed by atoms with E-state index in [0.717, 1.165) is 57.0 Å². The second kappa shape index (κ2) is 13.1. The van der Waals surface area contributed by atoms with Gasteiger partial charge >= 0.3 is 27.5 Å². The zero-order valence-electron chi connectivity index (χ0n) is 22.4. The van der Waals surface area contributed by atoms with Crippen LogP contribution in [0.3, 0.4) is 0 Å². The van der Waals surface area contributed by atoms with Crippen LogP contribution in [0.15, 0.2) is 97.5 Å². The number of halogens is 3. The number of imidazole rings is 2. The molecule has 7 rings (SSSR count). The first-order valence-electron chi connectivity index (χ1n) is 12.6. The number of benzene rings is 3. The number of pyridine rings is 2. The Morgan fingerprint density at radius 3 is 1.81 bits per heavy atom. The summed E-state index contributed by atoms with van der Waals surface area (Å²) in [6.07, 6.45) is 5.15. The molecule has 0 saturated heterocycles. The molecule has 0 aliphatic carbocycles. The van der Waals surface area contributed by atoms with Crippen LogP contribution in [0.4, 0.5) is 8.78 Å². The Morgan fingerprint density at radius 2 is 1.31 bits per heavy atom. The first kappa shape index (κ1) is 29.2. The topological polar surface area (TPSA) is 61.4 Å². The molecule has 3 aromatic carbocycles. The molecular weight excluding hydrogens is 734 g/mol. The van der Waals surface area contributed by atoms with Crippen molar-refractivity contribution in [3.63, 3.8) is 0 Å². The molecule has 0 aliphatic rings. The molecule has 0 N–H and O–H groups in total. The first-order valence-corrected chi connectivity index (χ1v) is 15.6. The molecule has 42 heavy (non-hydrogen) atoms. The maximum atomic E-state index is 13.2. The van der Waals surface area contributed by atoms with Crippen LogP contribution in [0, 0.1) is 23.8 Å². The van der Waals surface area contributed by atoms with Crippen LogP contribution in [-0.2, 0) is 32.0 Å². The van der Waals surface area contributed by atoms with E-state index in [4.69, 9.17) is 9.97 Å². The van der Waals surface area contributed by atoms with Crippen molar-refractivity contribution in [2.24, 2.45) is 14.1 Å². The summed E-state index contributed by atoms with van der Waals surface area (Å²) >= 11 is 1.47. The SMILES string of the molecule is Cn1c(-c2[c-]c(-c3nc4ccccc4n3C)cnc2)nc2ccccc21.Fc1c[c-]c(-c2ccccn2)c(F)c1.[Cl][Ir+2]. The van der Waals surface area contributed by atoms with Crippen molar-refractivity contribution in [3.05, 3.63) is 121 Å². The van der Waals surface area contributed by atoms with E-state index in [0.29, 0.717) is 5.69 Å². The average Bonchev–Trinajstić information content (AvgIpc) is 3.56. The standard InChI is InChI=1S/C21H16N5.C11H6F2N.ClH.Ir/c1-25-18-9-5-3-7-16(18)23-20(25)14-11-15(13-22-12-14)21-24-17-8-4-6-10-19(17)26(21)2;12-8-4-5-9(10(13)7-8)11-3-1-2-6-14-11;;/h3-10,12-13H,1-2H3;1-4,6-7H;1H;/q2*-1;;+3/p-1. The predicted octanol–water partition coefficient (Wildman–Crippen LogP) is 7.50. The van der Waals surface area contributed by atoms with Crippen LogP contribution in [0.25, 0.3) is 56.1 Å². The van der Waals surface area contributed by atoms with Crippen molar-refractivity contribution in [1.29, 1.82) is 0 Å². The van der Waals surface area contributed by atoms with Crippen LogP contribution >= 0.6 is 9.58 Å². The van der Waals surface area contributed by atoms with E-state index in [-0.39, 0.29) is 5.56 Å². The third-order valence-electron chi connectivity index (χ3n) is 6.51. The molecule has 0 fully saturated rings. The van der Waals surface area contributed by atoms with E-state index < -0.39 is 11.6 Å². The maximum absolute atomic E-state index is 13.2. The van der Waals surface area contributed by atoms with Gasteiger partial charge in [0, 0.05) is 31.9 Å². The van der Waals surface area contributed by atoms with Gasteiger partial charge in [-0.05, 0) is 48.4 Å². The molecule has 0 spiro atoms. The summed E-state index contributed by atoms with van der Waals surface area (Å²) in [6.45, 7) is 0. The van der Waals surface area contributed by atoms with Gasteiger partial charge in [0.05, 0.1) is 33.7 Å². The quantitative estimate of drug-likeness (QED) is 0.175. The molecule has 0 aliphatic heterocycles. The summed E-state index contributed by atoms with van der Waals surface area (Å²) in [5.41, 5.74) is 6.45. The fourth-order valence-corrected chi connectivity index (χ4v) is 4.55. The minimum absolute atomic E-state index is 0.187. The molecule has 0 saturated carbocycles. The molecule has 210 valence electrons. The van der Waals surface area contributed by atoms with Crippen LogP contribution in [0.5, 0.6) is 0 Å². The fourth-order valence-electron chi connectivity index (χ4n) is 4.55. The first-order chi connectivity index (χ1) is 20.5. The number of hydrogen-bond donors (Lipinski definition) is 0. The summed E-state index contributed by atoms with van der Waals surface area (Å²) in [5, 5.41) is 0. The van der Waals surface area contributed by atoms with Crippen LogP contribution in [0.1, 0.15) is 0 Å². The van der Waals surface area contributed by atoms with Gasteiger partial charge in [0.2, 0.25) is 0 Å². The third-order valence-corrected chi connectivity index (χ3v) is 6.51. The van der Waals surface area contributed by atoms with Gasteiger partial charge in [0.25, 0.3) is 0 Å². The van der Waals surface area contributed by atoms with Crippen LogP contribution in [-0.4, -0.2) is 29.1 Å². The Kier molecular flexibility index (Phi) is 9.12. The zero-order valence-corrected chi connectivity index (χ0v) is 25.5. The second-order valence-corrected chi connectivity index (χ2v) is 9.08. The van der Waals surface area contributed by atoms with Crippen molar-refractivity contribution in [2.45, 2.75) is 0 Å². The van der Waals surface area contributed by atoms with E-state index in [1.807, 2.05) is 50.5 Å². The molecule has 0 atom stereocenters. The Balaban J connectivity index is 0.000000187. The predicted molar refractivity (Wildman–Crippen MR) is 157 cm³/mol. The van der Waals surface area contributed by atoms with Crippen molar-refractivity contribution in [1.82, 2.24) is 29.1 Å². The number of rotatable bonds is 3. The van der Waals surface area contributed by atoms with Crippen molar-refractivity contribution < 1.29 is 26.7 Å². The monoisotopic (exact) mass is 756 g/mol. The number of aromatic nitrogens is 6. The van der Waals surface area contributed by atoms with Gasteiger partial charge in [-0.15, -0.1) is 18.2 Å². The van der Waals surface area contributed by atoms with Gasteiger partial charge in [-0.1, -0.05) is 59.2 Å².